The molecule has 0 unspecified atom stereocenters. The lowest BCUT2D eigenvalue weighted by atomic mass is 9.94. The summed E-state index contributed by atoms with van der Waals surface area (Å²) in [6.45, 7) is 14.7. The van der Waals surface area contributed by atoms with Gasteiger partial charge in [-0.3, -0.25) is 0 Å². The summed E-state index contributed by atoms with van der Waals surface area (Å²) in [5.41, 5.74) is 2.34. The quantitative estimate of drug-likeness (QED) is 0.419. The molecule has 3 aromatic rings. The lowest BCUT2D eigenvalue weighted by Crippen LogP contribution is -2.43. The minimum atomic E-state index is -0.705. The maximum atomic E-state index is 11.2. The molecule has 5 nitrogen and oxygen atoms in total. The Balaban J connectivity index is 1.84. The molecule has 1 aromatic heterocycles. The van der Waals surface area contributed by atoms with Gasteiger partial charge in [-0.2, -0.15) is 0 Å². The number of ether oxygens (including phenoxy) is 2. The van der Waals surface area contributed by atoms with Crippen molar-refractivity contribution in [2.45, 2.75) is 78.2 Å². The van der Waals surface area contributed by atoms with Gasteiger partial charge in [0.1, 0.15) is 11.4 Å². The van der Waals surface area contributed by atoms with Crippen LogP contribution in [0, 0.1) is 0 Å². The molecular weight excluding hydrogens is 420 g/mol. The number of nitrogens with zero attached hydrogens (tertiary/aromatic N) is 1. The van der Waals surface area contributed by atoms with Crippen molar-refractivity contribution in [2.75, 3.05) is 6.54 Å². The fourth-order valence-corrected chi connectivity index (χ4v) is 4.66. The summed E-state index contributed by atoms with van der Waals surface area (Å²) < 4.78 is 12.9. The zero-order valence-electron chi connectivity index (χ0n) is 20.2. The topological polar surface area (TPSA) is 63.6 Å². The van der Waals surface area contributed by atoms with Crippen LogP contribution in [-0.4, -0.2) is 33.9 Å². The number of aromatic nitrogens is 1. The number of rotatable bonds is 9. The lowest BCUT2D eigenvalue weighted by Gasteiger charge is -2.28. The van der Waals surface area contributed by atoms with Crippen LogP contribution in [0.5, 0.6) is 10.9 Å². The van der Waals surface area contributed by atoms with Crippen LogP contribution in [0.3, 0.4) is 0 Å². The van der Waals surface area contributed by atoms with Crippen LogP contribution in [-0.2, 0) is 6.42 Å². The van der Waals surface area contributed by atoms with Gasteiger partial charge in [0.15, 0.2) is 0 Å². The molecule has 0 saturated heterocycles. The summed E-state index contributed by atoms with van der Waals surface area (Å²) in [5.74, 6) is 0.698. The number of aliphatic hydroxyl groups excluding tert-OH is 1. The maximum Gasteiger partial charge on any atom is 0.274 e. The highest BCUT2D eigenvalue weighted by Gasteiger charge is 2.23. The molecule has 0 saturated carbocycles. The van der Waals surface area contributed by atoms with Crippen LogP contribution < -0.4 is 14.8 Å². The van der Waals surface area contributed by atoms with E-state index in [1.54, 1.807) is 0 Å². The molecule has 0 amide bonds. The molecule has 0 radical (unpaired) electrons. The Morgan fingerprint density at radius 1 is 1.06 bits per heavy atom. The molecule has 0 fully saturated rings. The molecule has 6 heteroatoms. The fourth-order valence-electron chi connectivity index (χ4n) is 3.58. The van der Waals surface area contributed by atoms with E-state index in [4.69, 9.17) is 9.47 Å². The van der Waals surface area contributed by atoms with Crippen molar-refractivity contribution in [3.05, 3.63) is 53.6 Å². The second-order valence-electron chi connectivity index (χ2n) is 10.2. The van der Waals surface area contributed by atoms with Gasteiger partial charge in [-0.05, 0) is 66.5 Å². The van der Waals surface area contributed by atoms with Gasteiger partial charge in [-0.1, -0.05) is 41.7 Å². The van der Waals surface area contributed by atoms with Gasteiger partial charge in [0, 0.05) is 23.7 Å². The van der Waals surface area contributed by atoms with Gasteiger partial charge >= 0.3 is 0 Å². The third-order valence-electron chi connectivity index (χ3n) is 4.86. The summed E-state index contributed by atoms with van der Waals surface area (Å²) in [6, 6.07) is 14.2. The average Bonchev–Trinajstić information content (AvgIpc) is 3.06. The smallest absolute Gasteiger partial charge is 0.274 e. The summed E-state index contributed by atoms with van der Waals surface area (Å²) in [6.07, 6.45) is 0.203. The van der Waals surface area contributed by atoms with E-state index >= 15 is 0 Å². The van der Waals surface area contributed by atoms with Crippen molar-refractivity contribution in [1.29, 1.82) is 0 Å². The Morgan fingerprint density at radius 2 is 1.75 bits per heavy atom. The highest BCUT2D eigenvalue weighted by Crippen LogP contribution is 2.37. The molecular formula is C26H36N2O3S. The van der Waals surface area contributed by atoms with E-state index in [0.29, 0.717) is 17.5 Å². The molecule has 32 heavy (non-hydrogen) atoms. The van der Waals surface area contributed by atoms with Crippen molar-refractivity contribution in [2.24, 2.45) is 0 Å². The minimum Gasteiger partial charge on any atom is -0.488 e. The zero-order chi connectivity index (χ0) is 23.5. The van der Waals surface area contributed by atoms with E-state index in [-0.39, 0.29) is 17.2 Å². The second-order valence-corrected chi connectivity index (χ2v) is 11.1. The van der Waals surface area contributed by atoms with E-state index in [9.17, 15) is 5.11 Å². The largest absolute Gasteiger partial charge is 0.488 e. The minimum absolute atomic E-state index is 0.0367. The lowest BCUT2D eigenvalue weighted by molar-refractivity contribution is 0.129. The predicted molar refractivity (Wildman–Crippen MR) is 133 cm³/mol. The average molecular weight is 457 g/mol. The summed E-state index contributed by atoms with van der Waals surface area (Å²) in [4.78, 5) is 4.64. The Hall–Kier alpha value is -2.15. The van der Waals surface area contributed by atoms with Crippen molar-refractivity contribution >= 4 is 21.6 Å². The SMILES string of the molecule is CC(C)Oc1nc2cc(OC(C)(C)C)cc([C@@H](O)CNC(C)(C)Cc3ccccc3)c2s1. The number of hydrogen-bond acceptors (Lipinski definition) is 6. The molecule has 2 aromatic carbocycles. The van der Waals surface area contributed by atoms with Gasteiger partial charge in [0.25, 0.3) is 5.19 Å². The fraction of sp³-hybridized carbons (Fsp3) is 0.500. The highest BCUT2D eigenvalue weighted by molar-refractivity contribution is 7.20. The second kappa shape index (κ2) is 9.77. The van der Waals surface area contributed by atoms with E-state index in [0.717, 1.165) is 22.2 Å². The molecule has 0 aliphatic heterocycles. The monoisotopic (exact) mass is 456 g/mol. The molecule has 0 aliphatic carbocycles. The highest BCUT2D eigenvalue weighted by atomic mass is 32.1. The molecule has 1 heterocycles. The van der Waals surface area contributed by atoms with Crippen LogP contribution >= 0.6 is 11.3 Å². The van der Waals surface area contributed by atoms with E-state index < -0.39 is 6.10 Å². The number of nitrogens with one attached hydrogen (secondary N) is 1. The number of hydrogen-bond donors (Lipinski definition) is 2. The maximum absolute atomic E-state index is 11.2. The first-order valence-corrected chi connectivity index (χ1v) is 12.0. The summed E-state index contributed by atoms with van der Waals surface area (Å²) in [7, 11) is 0. The molecule has 1 atom stereocenters. The van der Waals surface area contributed by atoms with Crippen molar-refractivity contribution in [3.63, 3.8) is 0 Å². The normalized spacial score (nSPS) is 13.5. The van der Waals surface area contributed by atoms with Gasteiger partial charge < -0.3 is 19.9 Å². The Labute approximate surface area is 195 Å². The van der Waals surface area contributed by atoms with E-state index in [1.807, 2.05) is 52.8 Å². The summed E-state index contributed by atoms with van der Waals surface area (Å²) >= 11 is 1.47. The van der Waals surface area contributed by atoms with Crippen LogP contribution in [0.15, 0.2) is 42.5 Å². The number of aliphatic hydroxyl groups is 1. The third-order valence-corrected chi connectivity index (χ3v) is 5.87. The molecule has 0 spiro atoms. The van der Waals surface area contributed by atoms with Crippen molar-refractivity contribution in [1.82, 2.24) is 10.3 Å². The standard InChI is InChI=1S/C26H36N2O3S/c1-17(2)30-24-28-21-14-19(31-25(3,4)5)13-20(23(21)32-24)22(29)16-27-26(6,7)15-18-11-9-8-10-12-18/h8-14,17,22,27,29H,15-16H2,1-7H3/t22-/m0/s1. The van der Waals surface area contributed by atoms with Crippen LogP contribution in [0.1, 0.15) is 65.7 Å². The molecule has 0 bridgehead atoms. The Kier molecular flexibility index (Phi) is 7.48. The first-order valence-electron chi connectivity index (χ1n) is 11.2. The van der Waals surface area contributed by atoms with Crippen molar-refractivity contribution < 1.29 is 14.6 Å². The zero-order valence-corrected chi connectivity index (χ0v) is 21.0. The van der Waals surface area contributed by atoms with E-state index in [1.165, 1.54) is 16.9 Å². The van der Waals surface area contributed by atoms with Crippen LogP contribution in [0.25, 0.3) is 10.2 Å². The summed E-state index contributed by atoms with van der Waals surface area (Å²) in [5, 5.41) is 15.3. The Bertz CT molecular complexity index is 1020. The van der Waals surface area contributed by atoms with E-state index in [2.05, 4.69) is 48.4 Å². The first kappa shape index (κ1) is 24.5. The van der Waals surface area contributed by atoms with Gasteiger partial charge in [-0.15, -0.1) is 0 Å². The number of thiazole rings is 1. The number of fused-ring (bicyclic) bond motifs is 1. The van der Waals surface area contributed by atoms with Gasteiger partial charge in [0.05, 0.1) is 22.4 Å². The first-order chi connectivity index (χ1) is 14.9. The number of benzene rings is 2. The molecule has 0 aliphatic rings. The van der Waals surface area contributed by atoms with Crippen molar-refractivity contribution in [3.8, 4) is 10.9 Å². The number of β-amino-alcohol motifs (C(OH)–C–C–N with tert-alkyl or cyclic N) is 1. The van der Waals surface area contributed by atoms with Gasteiger partial charge in [0.2, 0.25) is 0 Å². The Morgan fingerprint density at radius 3 is 2.38 bits per heavy atom. The molecule has 2 N–H and O–H groups in total. The van der Waals surface area contributed by atoms with Crippen LogP contribution in [0.4, 0.5) is 0 Å². The molecule has 3 rings (SSSR count). The van der Waals surface area contributed by atoms with Crippen LogP contribution in [0.2, 0.25) is 0 Å². The third kappa shape index (κ3) is 6.92. The molecule has 174 valence electrons. The predicted octanol–water partition coefficient (Wildman–Crippen LogP) is 5.91. The van der Waals surface area contributed by atoms with Gasteiger partial charge in [-0.25, -0.2) is 4.98 Å².